The number of benzene rings is 1. The molecule has 3 aromatic rings. The fourth-order valence-corrected chi connectivity index (χ4v) is 3.24. The highest BCUT2D eigenvalue weighted by atomic mass is 32.1. The number of carbonyl (C=O) groups excluding carboxylic acids is 3. The number of halogens is 1. The number of H-pyrrole nitrogens is 1. The Hall–Kier alpha value is -3.33. The van der Waals surface area contributed by atoms with Crippen LogP contribution in [0.25, 0.3) is 11.1 Å². The predicted molar refractivity (Wildman–Crippen MR) is 102 cm³/mol. The molecule has 2 aromatic heterocycles. The van der Waals surface area contributed by atoms with Crippen LogP contribution >= 0.6 is 11.3 Å². The molecule has 1 amide bonds. The summed E-state index contributed by atoms with van der Waals surface area (Å²) in [6, 6.07) is 5.26. The molecule has 3 rings (SSSR count). The summed E-state index contributed by atoms with van der Waals surface area (Å²) in [5, 5.41) is 4.34. The van der Waals surface area contributed by atoms with Crippen LogP contribution in [0.3, 0.4) is 0 Å². The molecule has 0 radical (unpaired) electrons. The second kappa shape index (κ2) is 8.13. The molecule has 0 saturated carbocycles. The van der Waals surface area contributed by atoms with Crippen molar-refractivity contribution in [3.8, 4) is 11.1 Å². The van der Waals surface area contributed by atoms with Crippen LogP contribution in [0.1, 0.15) is 33.5 Å². The van der Waals surface area contributed by atoms with Gasteiger partial charge in [0.15, 0.2) is 5.13 Å². The number of aromatic nitrogens is 2. The standard InChI is InChI=1S/C19H16FN3O4S/c1-3-27-18(26)13-10(2)22-15(14(13)11-4-6-12(20)7-5-11)16(24)17(25)23-19-21-8-9-28-19/h4-9,22H,3H2,1-2H3,(H,21,23,25). The Morgan fingerprint density at radius 2 is 1.96 bits per heavy atom. The molecular weight excluding hydrogens is 385 g/mol. The van der Waals surface area contributed by atoms with E-state index in [1.54, 1.807) is 19.2 Å². The van der Waals surface area contributed by atoms with Crippen molar-refractivity contribution in [2.75, 3.05) is 11.9 Å². The molecule has 9 heteroatoms. The number of carbonyl (C=O) groups is 3. The molecule has 0 unspecified atom stereocenters. The van der Waals surface area contributed by atoms with Gasteiger partial charge in [0.25, 0.3) is 11.7 Å². The number of hydrogen-bond donors (Lipinski definition) is 2. The van der Waals surface area contributed by atoms with Crippen LogP contribution in [-0.2, 0) is 9.53 Å². The lowest BCUT2D eigenvalue weighted by Gasteiger charge is -2.08. The number of aromatic amines is 1. The number of amides is 1. The van der Waals surface area contributed by atoms with Gasteiger partial charge in [0.2, 0.25) is 0 Å². The molecule has 0 spiro atoms. The quantitative estimate of drug-likeness (QED) is 0.373. The minimum atomic E-state index is -0.907. The summed E-state index contributed by atoms with van der Waals surface area (Å²) in [6.45, 7) is 3.39. The number of nitrogens with one attached hydrogen (secondary N) is 2. The molecule has 28 heavy (non-hydrogen) atoms. The maximum absolute atomic E-state index is 13.4. The number of nitrogens with zero attached hydrogens (tertiary/aromatic N) is 1. The minimum Gasteiger partial charge on any atom is -0.462 e. The van der Waals surface area contributed by atoms with Crippen LogP contribution in [0.2, 0.25) is 0 Å². The predicted octanol–water partition coefficient (Wildman–Crippen LogP) is 3.58. The first-order valence-electron chi connectivity index (χ1n) is 8.33. The Bertz CT molecular complexity index is 1030. The van der Waals surface area contributed by atoms with Crippen molar-refractivity contribution in [3.05, 3.63) is 58.6 Å². The summed E-state index contributed by atoms with van der Waals surface area (Å²) in [5.74, 6) is -2.90. The molecule has 0 bridgehead atoms. The molecule has 7 nitrogen and oxygen atoms in total. The fourth-order valence-electron chi connectivity index (χ4n) is 2.71. The monoisotopic (exact) mass is 401 g/mol. The van der Waals surface area contributed by atoms with Gasteiger partial charge in [0.1, 0.15) is 11.5 Å². The van der Waals surface area contributed by atoms with Crippen molar-refractivity contribution >= 4 is 34.1 Å². The number of Topliss-reactive ketones (excluding diaryl/α,β-unsaturated/α-hetero) is 1. The van der Waals surface area contributed by atoms with Gasteiger partial charge in [0.05, 0.1) is 12.2 Å². The molecule has 1 aromatic carbocycles. The van der Waals surface area contributed by atoms with Gasteiger partial charge in [-0.15, -0.1) is 11.3 Å². The summed E-state index contributed by atoms with van der Waals surface area (Å²) in [7, 11) is 0. The average Bonchev–Trinajstić information content (AvgIpc) is 3.29. The van der Waals surface area contributed by atoms with Gasteiger partial charge in [-0.05, 0) is 31.5 Å². The summed E-state index contributed by atoms with van der Waals surface area (Å²) < 4.78 is 18.4. The van der Waals surface area contributed by atoms with Crippen LogP contribution in [0.4, 0.5) is 9.52 Å². The van der Waals surface area contributed by atoms with Crippen molar-refractivity contribution in [3.63, 3.8) is 0 Å². The van der Waals surface area contributed by atoms with Gasteiger partial charge in [-0.1, -0.05) is 12.1 Å². The van der Waals surface area contributed by atoms with Crippen LogP contribution in [0.5, 0.6) is 0 Å². The number of rotatable bonds is 6. The number of hydrogen-bond acceptors (Lipinski definition) is 6. The number of esters is 1. The highest BCUT2D eigenvalue weighted by Crippen LogP contribution is 2.32. The van der Waals surface area contributed by atoms with E-state index in [0.717, 1.165) is 11.3 Å². The number of aryl methyl sites for hydroxylation is 1. The van der Waals surface area contributed by atoms with Crippen LogP contribution in [-0.4, -0.2) is 34.2 Å². The first kappa shape index (κ1) is 19.4. The molecule has 0 atom stereocenters. The average molecular weight is 401 g/mol. The number of thiazole rings is 1. The molecule has 0 aliphatic carbocycles. The maximum atomic E-state index is 13.4. The third-order valence-corrected chi connectivity index (χ3v) is 4.57. The van der Waals surface area contributed by atoms with Crippen molar-refractivity contribution in [1.82, 2.24) is 9.97 Å². The number of ether oxygens (including phenoxy) is 1. The van der Waals surface area contributed by atoms with Gasteiger partial charge < -0.3 is 9.72 Å². The van der Waals surface area contributed by atoms with E-state index in [1.807, 2.05) is 0 Å². The van der Waals surface area contributed by atoms with E-state index >= 15 is 0 Å². The smallest absolute Gasteiger partial charge is 0.340 e. The third-order valence-electron chi connectivity index (χ3n) is 3.89. The highest BCUT2D eigenvalue weighted by molar-refractivity contribution is 7.13. The summed E-state index contributed by atoms with van der Waals surface area (Å²) in [6.07, 6.45) is 1.49. The van der Waals surface area contributed by atoms with E-state index in [-0.39, 0.29) is 28.6 Å². The molecule has 0 fully saturated rings. The summed E-state index contributed by atoms with van der Waals surface area (Å²) >= 11 is 1.16. The van der Waals surface area contributed by atoms with E-state index in [0.29, 0.717) is 11.3 Å². The molecule has 144 valence electrons. The second-order valence-corrected chi connectivity index (χ2v) is 6.62. The highest BCUT2D eigenvalue weighted by Gasteiger charge is 2.30. The van der Waals surface area contributed by atoms with Gasteiger partial charge in [-0.3, -0.25) is 14.9 Å². The van der Waals surface area contributed by atoms with Gasteiger partial charge in [-0.25, -0.2) is 14.2 Å². The lowest BCUT2D eigenvalue weighted by atomic mass is 9.98. The van der Waals surface area contributed by atoms with Crippen molar-refractivity contribution in [2.24, 2.45) is 0 Å². The molecule has 2 heterocycles. The Kier molecular flexibility index (Phi) is 5.65. The van der Waals surface area contributed by atoms with E-state index in [2.05, 4.69) is 15.3 Å². The number of anilines is 1. The van der Waals surface area contributed by atoms with Gasteiger partial charge in [0, 0.05) is 22.8 Å². The normalized spacial score (nSPS) is 10.5. The van der Waals surface area contributed by atoms with Crippen LogP contribution in [0.15, 0.2) is 35.8 Å². The topological polar surface area (TPSA) is 101 Å². The third kappa shape index (κ3) is 3.84. The summed E-state index contributed by atoms with van der Waals surface area (Å²) in [5.41, 5.74) is 0.998. The Morgan fingerprint density at radius 1 is 1.25 bits per heavy atom. The molecule has 2 N–H and O–H groups in total. The first-order chi connectivity index (χ1) is 13.4. The molecule has 0 aliphatic rings. The van der Waals surface area contributed by atoms with E-state index in [1.165, 1.54) is 30.5 Å². The molecule has 0 aliphatic heterocycles. The second-order valence-electron chi connectivity index (χ2n) is 5.72. The zero-order chi connectivity index (χ0) is 20.3. The lowest BCUT2D eigenvalue weighted by Crippen LogP contribution is -2.23. The van der Waals surface area contributed by atoms with Gasteiger partial charge >= 0.3 is 5.97 Å². The van der Waals surface area contributed by atoms with E-state index in [4.69, 9.17) is 4.74 Å². The van der Waals surface area contributed by atoms with Crippen molar-refractivity contribution in [1.29, 1.82) is 0 Å². The van der Waals surface area contributed by atoms with Crippen LogP contribution in [0, 0.1) is 12.7 Å². The Morgan fingerprint density at radius 3 is 2.57 bits per heavy atom. The lowest BCUT2D eigenvalue weighted by molar-refractivity contribution is -0.112. The fraction of sp³-hybridized carbons (Fsp3) is 0.158. The first-order valence-corrected chi connectivity index (χ1v) is 9.21. The zero-order valence-electron chi connectivity index (χ0n) is 15.0. The minimum absolute atomic E-state index is 0.0822. The van der Waals surface area contributed by atoms with Crippen molar-refractivity contribution in [2.45, 2.75) is 13.8 Å². The maximum Gasteiger partial charge on any atom is 0.340 e. The Balaban J connectivity index is 2.08. The largest absolute Gasteiger partial charge is 0.462 e. The Labute approximate surface area is 163 Å². The van der Waals surface area contributed by atoms with Crippen LogP contribution < -0.4 is 5.32 Å². The molecule has 0 saturated heterocycles. The number of ketones is 1. The summed E-state index contributed by atoms with van der Waals surface area (Å²) in [4.78, 5) is 44.3. The SMILES string of the molecule is CCOC(=O)c1c(C)[nH]c(C(=O)C(=O)Nc2nccs2)c1-c1ccc(F)cc1. The van der Waals surface area contributed by atoms with Crippen molar-refractivity contribution < 1.29 is 23.5 Å². The van der Waals surface area contributed by atoms with Gasteiger partial charge in [-0.2, -0.15) is 0 Å². The zero-order valence-corrected chi connectivity index (χ0v) is 15.9. The van der Waals surface area contributed by atoms with E-state index in [9.17, 15) is 18.8 Å². The molecular formula is C19H16FN3O4S. The van der Waals surface area contributed by atoms with E-state index < -0.39 is 23.5 Å².